The van der Waals surface area contributed by atoms with E-state index >= 15 is 0 Å². The highest BCUT2D eigenvalue weighted by molar-refractivity contribution is 5.78. The van der Waals surface area contributed by atoms with Crippen LogP contribution in [0.2, 0.25) is 0 Å². The van der Waals surface area contributed by atoms with Gasteiger partial charge >= 0.3 is 11.7 Å². The van der Waals surface area contributed by atoms with Crippen molar-refractivity contribution >= 4 is 5.97 Å². The van der Waals surface area contributed by atoms with Gasteiger partial charge in [0.1, 0.15) is 11.5 Å². The monoisotopic (exact) mass is 528 g/mol. The number of carboxylic acids is 1. The molecule has 0 radical (unpaired) electrons. The van der Waals surface area contributed by atoms with Crippen molar-refractivity contribution in [2.75, 3.05) is 6.61 Å². The number of rotatable bonds is 13. The van der Waals surface area contributed by atoms with Crippen LogP contribution in [0.1, 0.15) is 42.7 Å². The molecule has 1 aromatic heterocycles. The van der Waals surface area contributed by atoms with Crippen LogP contribution in [0.25, 0.3) is 0 Å². The van der Waals surface area contributed by atoms with Gasteiger partial charge in [0, 0.05) is 31.3 Å². The minimum atomic E-state index is -1.40. The fraction of sp³-hybridized carbons (Fsp3) is 0.312. The fourth-order valence-electron chi connectivity index (χ4n) is 4.52. The van der Waals surface area contributed by atoms with Crippen molar-refractivity contribution in [3.63, 3.8) is 0 Å². The number of hydrogen-bond acceptors (Lipinski definition) is 4. The van der Waals surface area contributed by atoms with Crippen molar-refractivity contribution in [1.29, 1.82) is 0 Å². The molecule has 7 nitrogen and oxygen atoms in total. The van der Waals surface area contributed by atoms with E-state index in [1.807, 2.05) is 60.2 Å². The smallest absolute Gasteiger partial charge is 0.348 e. The summed E-state index contributed by atoms with van der Waals surface area (Å²) < 4.78 is 15.4. The lowest BCUT2D eigenvalue weighted by molar-refractivity contribution is -0.153. The highest BCUT2D eigenvalue weighted by atomic mass is 16.5. The average Bonchev–Trinajstić information content (AvgIpc) is 3.21. The number of carbonyl (C=O) groups is 1. The number of ether oxygens (including phenoxy) is 2. The lowest BCUT2D eigenvalue weighted by atomic mass is 9.96. The number of nitrogens with zero attached hydrogens (tertiary/aromatic N) is 2. The molecule has 0 aliphatic carbocycles. The van der Waals surface area contributed by atoms with Crippen molar-refractivity contribution in [2.45, 2.75) is 58.7 Å². The maximum atomic E-state index is 13.0. The summed E-state index contributed by atoms with van der Waals surface area (Å²) >= 11 is 0. The maximum absolute atomic E-state index is 13.0. The molecular formula is C32H36N2O5. The van der Waals surface area contributed by atoms with E-state index in [2.05, 4.69) is 31.2 Å². The molecule has 204 valence electrons. The van der Waals surface area contributed by atoms with E-state index in [1.54, 1.807) is 23.6 Å². The van der Waals surface area contributed by atoms with Crippen molar-refractivity contribution in [3.05, 3.63) is 118 Å². The molecule has 4 rings (SSSR count). The van der Waals surface area contributed by atoms with Gasteiger partial charge < -0.3 is 14.6 Å². The van der Waals surface area contributed by atoms with Gasteiger partial charge in [0.15, 0.2) is 0 Å². The lowest BCUT2D eigenvalue weighted by Gasteiger charge is -2.26. The highest BCUT2D eigenvalue weighted by Crippen LogP contribution is 2.24. The number of carboxylic acid groups (broad SMARTS) is 1. The van der Waals surface area contributed by atoms with Gasteiger partial charge in [-0.1, -0.05) is 67.1 Å². The molecule has 4 aromatic rings. The topological polar surface area (TPSA) is 82.7 Å². The molecule has 0 amide bonds. The van der Waals surface area contributed by atoms with Crippen LogP contribution in [0.4, 0.5) is 0 Å². The summed E-state index contributed by atoms with van der Waals surface area (Å²) in [5.74, 6) is 0.166. The lowest BCUT2D eigenvalue weighted by Crippen LogP contribution is -2.43. The molecule has 0 bridgehead atoms. The first-order valence-electron chi connectivity index (χ1n) is 13.3. The summed E-state index contributed by atoms with van der Waals surface area (Å²) in [5.41, 5.74) is 2.65. The molecule has 0 fully saturated rings. The first-order valence-corrected chi connectivity index (χ1v) is 13.3. The summed E-state index contributed by atoms with van der Waals surface area (Å²) in [6, 6.07) is 24.6. The fourth-order valence-corrected chi connectivity index (χ4v) is 4.52. The summed E-state index contributed by atoms with van der Waals surface area (Å²) in [4.78, 5) is 25.0. The SMILES string of the molecule is CCCn1c(CCOc2ccc(C[C@](C)(Oc3ccccc3)C(=O)O)cc2)cn(Cc2ccc(C)cc2)c1=O. The van der Waals surface area contributed by atoms with Gasteiger partial charge in [0.2, 0.25) is 5.60 Å². The number of aromatic nitrogens is 2. The molecule has 0 saturated carbocycles. The third-order valence-electron chi connectivity index (χ3n) is 6.68. The van der Waals surface area contributed by atoms with Gasteiger partial charge in [0.25, 0.3) is 0 Å². The molecule has 0 aliphatic rings. The summed E-state index contributed by atoms with van der Waals surface area (Å²) in [6.07, 6.45) is 3.60. The standard InChI is InChI=1S/C32H36N2O5/c1-4-19-34-27(23-33(31(34)37)22-26-12-10-24(2)11-13-26)18-20-38-28-16-14-25(15-17-28)21-32(3,30(35)36)39-29-8-6-5-7-9-29/h5-17,23H,4,18-22H2,1-3H3,(H,35,36)/t32-/m0/s1. The normalized spacial score (nSPS) is 12.6. The molecule has 3 aromatic carbocycles. The zero-order valence-electron chi connectivity index (χ0n) is 22.8. The third-order valence-corrected chi connectivity index (χ3v) is 6.68. The Morgan fingerprint density at radius 3 is 2.23 bits per heavy atom. The largest absolute Gasteiger partial charge is 0.493 e. The van der Waals surface area contributed by atoms with Gasteiger partial charge in [-0.2, -0.15) is 0 Å². The van der Waals surface area contributed by atoms with Crippen LogP contribution in [0.3, 0.4) is 0 Å². The second-order valence-corrected chi connectivity index (χ2v) is 10.0. The Morgan fingerprint density at radius 1 is 0.923 bits per heavy atom. The van der Waals surface area contributed by atoms with Gasteiger partial charge in [-0.15, -0.1) is 0 Å². The number of aliphatic carboxylic acids is 1. The predicted molar refractivity (Wildman–Crippen MR) is 152 cm³/mol. The molecule has 1 heterocycles. The second-order valence-electron chi connectivity index (χ2n) is 10.0. The summed E-state index contributed by atoms with van der Waals surface area (Å²) in [7, 11) is 0. The molecule has 0 saturated heterocycles. The molecule has 0 unspecified atom stereocenters. The van der Waals surface area contributed by atoms with Crippen LogP contribution >= 0.6 is 0 Å². The highest BCUT2D eigenvalue weighted by Gasteiger charge is 2.36. The molecule has 1 N–H and O–H groups in total. The average molecular weight is 529 g/mol. The first-order chi connectivity index (χ1) is 18.8. The first kappa shape index (κ1) is 27.8. The zero-order chi connectivity index (χ0) is 27.8. The quantitative estimate of drug-likeness (QED) is 0.248. The Balaban J connectivity index is 1.38. The Bertz CT molecular complexity index is 1420. The van der Waals surface area contributed by atoms with Crippen molar-refractivity contribution in [2.24, 2.45) is 0 Å². The van der Waals surface area contributed by atoms with Gasteiger partial charge in [-0.3, -0.25) is 9.13 Å². The van der Waals surface area contributed by atoms with E-state index in [-0.39, 0.29) is 12.1 Å². The number of para-hydroxylation sites is 1. The second kappa shape index (κ2) is 12.5. The van der Waals surface area contributed by atoms with Crippen LogP contribution in [0.5, 0.6) is 11.5 Å². The number of hydrogen-bond donors (Lipinski definition) is 1. The van der Waals surface area contributed by atoms with Crippen LogP contribution in [-0.2, 0) is 30.7 Å². The van der Waals surface area contributed by atoms with Crippen LogP contribution in [-0.4, -0.2) is 32.4 Å². The summed E-state index contributed by atoms with van der Waals surface area (Å²) in [6.45, 7) is 7.30. The Morgan fingerprint density at radius 2 is 1.59 bits per heavy atom. The molecule has 7 heteroatoms. The van der Waals surface area contributed by atoms with E-state index in [9.17, 15) is 14.7 Å². The van der Waals surface area contributed by atoms with Crippen molar-refractivity contribution in [3.8, 4) is 11.5 Å². The number of benzene rings is 3. The van der Waals surface area contributed by atoms with Crippen molar-refractivity contribution in [1.82, 2.24) is 9.13 Å². The Hall–Kier alpha value is -4.26. The predicted octanol–water partition coefficient (Wildman–Crippen LogP) is 5.50. The van der Waals surface area contributed by atoms with Crippen LogP contribution in [0.15, 0.2) is 89.9 Å². The molecular weight excluding hydrogens is 492 g/mol. The third kappa shape index (κ3) is 7.19. The maximum Gasteiger partial charge on any atom is 0.348 e. The molecule has 0 aliphatic heterocycles. The van der Waals surface area contributed by atoms with E-state index < -0.39 is 11.6 Å². The summed E-state index contributed by atoms with van der Waals surface area (Å²) in [5, 5.41) is 9.83. The number of imidazole rings is 1. The van der Waals surface area contributed by atoms with Crippen molar-refractivity contribution < 1.29 is 19.4 Å². The van der Waals surface area contributed by atoms with Gasteiger partial charge in [0.05, 0.1) is 13.2 Å². The Kier molecular flexibility index (Phi) is 8.92. The van der Waals surface area contributed by atoms with E-state index in [1.165, 1.54) is 5.56 Å². The zero-order valence-corrected chi connectivity index (χ0v) is 22.8. The van der Waals surface area contributed by atoms with Gasteiger partial charge in [-0.05, 0) is 55.7 Å². The number of aryl methyl sites for hydroxylation is 1. The molecule has 0 spiro atoms. The molecule has 1 atom stereocenters. The minimum Gasteiger partial charge on any atom is -0.493 e. The van der Waals surface area contributed by atoms with Crippen LogP contribution < -0.4 is 15.2 Å². The van der Waals surface area contributed by atoms with E-state index in [0.29, 0.717) is 37.6 Å². The van der Waals surface area contributed by atoms with E-state index in [0.717, 1.165) is 23.2 Å². The van der Waals surface area contributed by atoms with Gasteiger partial charge in [-0.25, -0.2) is 9.59 Å². The minimum absolute atomic E-state index is 0.00372. The molecule has 39 heavy (non-hydrogen) atoms. The van der Waals surface area contributed by atoms with Crippen LogP contribution in [0, 0.1) is 6.92 Å². The van der Waals surface area contributed by atoms with E-state index in [4.69, 9.17) is 9.47 Å². The Labute approximate surface area is 229 Å².